The van der Waals surface area contributed by atoms with Crippen molar-refractivity contribution in [1.29, 1.82) is 0 Å². The van der Waals surface area contributed by atoms with E-state index in [9.17, 15) is 74.7 Å². The molecular weight excluding hydrogens is 746 g/mol. The number of rotatable bonds is 5. The minimum Gasteiger partial charge on any atom is -0.508 e. The fraction of sp³-hybridized carbons (Fsp3) is 0.647. The maximum absolute atomic E-state index is 14.0. The van der Waals surface area contributed by atoms with E-state index in [0.29, 0.717) is 0 Å². The Labute approximate surface area is 320 Å². The van der Waals surface area contributed by atoms with Crippen molar-refractivity contribution in [2.75, 3.05) is 13.1 Å². The first-order valence-electron chi connectivity index (χ1n) is 18.0. The molecule has 22 heteroatoms. The van der Waals surface area contributed by atoms with Crippen LogP contribution in [-0.2, 0) is 28.8 Å². The first kappa shape index (κ1) is 44.2. The first-order valence-corrected chi connectivity index (χ1v) is 18.0. The summed E-state index contributed by atoms with van der Waals surface area (Å²) in [7, 11) is 0. The zero-order chi connectivity index (χ0) is 41.9. The lowest BCUT2D eigenvalue weighted by molar-refractivity contribution is -0.148. The molecule has 0 bridgehead atoms. The molecule has 6 amide bonds. The lowest BCUT2D eigenvalue weighted by atomic mass is 9.96. The van der Waals surface area contributed by atoms with Crippen LogP contribution in [0.4, 0.5) is 0 Å². The van der Waals surface area contributed by atoms with Crippen LogP contribution in [0.25, 0.3) is 0 Å². The number of phenols is 1. The standard InChI is InChI=1S/C34H51N7O15/c1-12-10-41-24(25(12)47)32(54)39-30(52)20(46)9-18(35)28(50)36-21(13(2)42)33(55)40-11-17(45)8-19(40)29(51)38-23(31(53)37-22(14(3)43)34(41)56)27(49)26(48)15-4-6-16(44)7-5-15/h4-7,12-14,17-27,30,42-49,52H,8-11,35H2,1-3H3,(H,36,50)(H,37,53)(H,38,51)(H,39,54)/t12-,13+,14+,17+,18-,19-,20+,21+,22-,23-,24-,25-,26+,27-,30+/m0/s1. The number of nitrogens with two attached hydrogens (primary N) is 1. The number of hydrogen-bond acceptors (Lipinski definition) is 16. The SMILES string of the molecule is C[C@@H](O)[C@@H]1NC(=O)[C@H]([C@H](O)[C@H](O)c2ccc(O)cc2)NC(=O)[C@@H]2C[C@@H](O)CN2C(=O)[C@@H]([C@@H](C)O)NC(=O)[C@@H](N)C[C@@H](O)[C@@H](O)NC(=O)[C@@H]2[C@@H](O)[C@@H](C)CN2C1=O. The zero-order valence-electron chi connectivity index (χ0n) is 30.7. The van der Waals surface area contributed by atoms with Crippen molar-refractivity contribution in [2.24, 2.45) is 11.7 Å². The van der Waals surface area contributed by atoms with Crippen molar-refractivity contribution in [3.05, 3.63) is 29.8 Å². The third kappa shape index (κ3) is 9.70. The molecule has 0 radical (unpaired) electrons. The summed E-state index contributed by atoms with van der Waals surface area (Å²) in [5.74, 6) is -8.12. The van der Waals surface area contributed by atoms with Crippen LogP contribution in [0.15, 0.2) is 24.3 Å². The van der Waals surface area contributed by atoms with Crippen molar-refractivity contribution in [3.8, 4) is 5.75 Å². The van der Waals surface area contributed by atoms with Crippen LogP contribution in [0.2, 0.25) is 0 Å². The molecule has 3 aliphatic heterocycles. The van der Waals surface area contributed by atoms with Crippen LogP contribution in [0.3, 0.4) is 0 Å². The van der Waals surface area contributed by atoms with Crippen LogP contribution in [0, 0.1) is 5.92 Å². The summed E-state index contributed by atoms with van der Waals surface area (Å²) < 4.78 is 0. The molecule has 3 saturated heterocycles. The number of aliphatic hydroxyl groups excluding tert-OH is 8. The molecule has 3 heterocycles. The van der Waals surface area contributed by atoms with Crippen LogP contribution < -0.4 is 27.0 Å². The van der Waals surface area contributed by atoms with Gasteiger partial charge in [-0.15, -0.1) is 0 Å². The average molecular weight is 798 g/mol. The summed E-state index contributed by atoms with van der Waals surface area (Å²) in [5, 5.41) is 105. The number of hydrogen-bond donors (Lipinski definition) is 14. The second kappa shape index (κ2) is 18.2. The summed E-state index contributed by atoms with van der Waals surface area (Å²) in [6, 6.07) is -6.28. The van der Waals surface area contributed by atoms with E-state index < -0.39 is 146 Å². The lowest BCUT2D eigenvalue weighted by Gasteiger charge is -2.34. The predicted octanol–water partition coefficient (Wildman–Crippen LogP) is -7.30. The maximum atomic E-state index is 14.0. The average Bonchev–Trinajstić information content (AvgIpc) is 3.68. The lowest BCUT2D eigenvalue weighted by Crippen LogP contribution is -2.64. The fourth-order valence-corrected chi connectivity index (χ4v) is 6.92. The molecule has 312 valence electrons. The van der Waals surface area contributed by atoms with Gasteiger partial charge in [-0.05, 0) is 31.5 Å². The first-order chi connectivity index (χ1) is 26.1. The third-order valence-electron chi connectivity index (χ3n) is 10.2. The van der Waals surface area contributed by atoms with E-state index in [1.54, 1.807) is 0 Å². The maximum Gasteiger partial charge on any atom is 0.248 e. The molecule has 0 spiro atoms. The van der Waals surface area contributed by atoms with Gasteiger partial charge in [0.25, 0.3) is 0 Å². The molecule has 56 heavy (non-hydrogen) atoms. The van der Waals surface area contributed by atoms with Gasteiger partial charge in [-0.2, -0.15) is 0 Å². The minimum atomic E-state index is -2.24. The van der Waals surface area contributed by atoms with E-state index >= 15 is 0 Å². The fourth-order valence-electron chi connectivity index (χ4n) is 6.92. The molecule has 15 N–H and O–H groups in total. The normalized spacial score (nSPS) is 35.2. The Bertz CT molecular complexity index is 1620. The van der Waals surface area contributed by atoms with E-state index in [1.807, 2.05) is 5.32 Å². The number of amides is 6. The highest BCUT2D eigenvalue weighted by Crippen LogP contribution is 2.27. The van der Waals surface area contributed by atoms with E-state index in [0.717, 1.165) is 35.8 Å². The van der Waals surface area contributed by atoms with Crippen LogP contribution in [-0.4, -0.2) is 183 Å². The molecule has 4 rings (SSSR count). The Morgan fingerprint density at radius 2 is 1.23 bits per heavy atom. The molecule has 0 unspecified atom stereocenters. The monoisotopic (exact) mass is 797 g/mol. The van der Waals surface area contributed by atoms with Crippen molar-refractivity contribution in [3.63, 3.8) is 0 Å². The van der Waals surface area contributed by atoms with Crippen LogP contribution >= 0.6 is 0 Å². The third-order valence-corrected chi connectivity index (χ3v) is 10.2. The summed E-state index contributed by atoms with van der Waals surface area (Å²) in [6.45, 7) is 2.85. The Kier molecular flexibility index (Phi) is 14.3. The number of nitrogens with zero attached hydrogens (tertiary/aromatic N) is 2. The molecule has 22 nitrogen and oxygen atoms in total. The summed E-state index contributed by atoms with van der Waals surface area (Å²) in [4.78, 5) is 83.9. The van der Waals surface area contributed by atoms with Gasteiger partial charge in [0.2, 0.25) is 35.4 Å². The van der Waals surface area contributed by atoms with Crippen molar-refractivity contribution in [1.82, 2.24) is 31.1 Å². The highest BCUT2D eigenvalue weighted by molar-refractivity contribution is 5.98. The molecule has 3 aliphatic rings. The summed E-state index contributed by atoms with van der Waals surface area (Å²) >= 11 is 0. The molecular formula is C34H51N7O15. The number of phenolic OH excluding ortho intramolecular Hbond substituents is 1. The number of benzene rings is 1. The van der Waals surface area contributed by atoms with Crippen molar-refractivity contribution >= 4 is 35.4 Å². The number of aliphatic hydroxyl groups is 8. The Balaban J connectivity index is 1.80. The number of aromatic hydroxyl groups is 1. The zero-order valence-corrected chi connectivity index (χ0v) is 30.7. The van der Waals surface area contributed by atoms with Crippen LogP contribution in [0.5, 0.6) is 5.75 Å². The summed E-state index contributed by atoms with van der Waals surface area (Å²) in [6.07, 6.45) is -15.8. The van der Waals surface area contributed by atoms with Gasteiger partial charge in [-0.1, -0.05) is 19.1 Å². The van der Waals surface area contributed by atoms with E-state index in [-0.39, 0.29) is 17.9 Å². The number of nitrogens with one attached hydrogen (secondary N) is 4. The van der Waals surface area contributed by atoms with Crippen LogP contribution in [0.1, 0.15) is 45.3 Å². The quantitative estimate of drug-likeness (QED) is 0.132. The molecule has 0 aliphatic carbocycles. The predicted molar refractivity (Wildman–Crippen MR) is 188 cm³/mol. The van der Waals surface area contributed by atoms with Gasteiger partial charge in [0, 0.05) is 31.8 Å². The van der Waals surface area contributed by atoms with Gasteiger partial charge in [0.05, 0.1) is 30.5 Å². The Morgan fingerprint density at radius 1 is 0.696 bits per heavy atom. The minimum absolute atomic E-state index is 0.0501. The molecule has 3 fully saturated rings. The Hall–Kier alpha value is -4.52. The van der Waals surface area contributed by atoms with Gasteiger partial charge >= 0.3 is 0 Å². The molecule has 1 aromatic carbocycles. The smallest absolute Gasteiger partial charge is 0.248 e. The van der Waals surface area contributed by atoms with Crippen molar-refractivity contribution < 1.29 is 74.7 Å². The van der Waals surface area contributed by atoms with E-state index in [1.165, 1.54) is 19.1 Å². The molecule has 0 aromatic heterocycles. The topological polar surface area (TPSA) is 365 Å². The Morgan fingerprint density at radius 3 is 1.80 bits per heavy atom. The largest absolute Gasteiger partial charge is 0.508 e. The van der Waals surface area contributed by atoms with Gasteiger partial charge < -0.3 is 82.8 Å². The van der Waals surface area contributed by atoms with Gasteiger partial charge in [0.1, 0.15) is 54.3 Å². The van der Waals surface area contributed by atoms with E-state index in [4.69, 9.17) is 5.73 Å². The second-order valence-corrected chi connectivity index (χ2v) is 14.6. The molecule has 0 saturated carbocycles. The molecule has 15 atom stereocenters. The number of fused-ring (bicyclic) bond motifs is 2. The van der Waals surface area contributed by atoms with E-state index in [2.05, 4.69) is 16.0 Å². The highest BCUT2D eigenvalue weighted by atomic mass is 16.3. The summed E-state index contributed by atoms with van der Waals surface area (Å²) in [5.41, 5.74) is 5.88. The number of carbonyl (C=O) groups is 6. The van der Waals surface area contributed by atoms with Crippen molar-refractivity contribution in [2.45, 2.75) is 119 Å². The van der Waals surface area contributed by atoms with Gasteiger partial charge in [0.15, 0.2) is 6.23 Å². The van der Waals surface area contributed by atoms with Gasteiger partial charge in [-0.3, -0.25) is 28.8 Å². The molecule has 1 aromatic rings. The van der Waals surface area contributed by atoms with Gasteiger partial charge in [-0.25, -0.2) is 0 Å². The second-order valence-electron chi connectivity index (χ2n) is 14.6. The number of carbonyl (C=O) groups excluding carboxylic acids is 6. The highest BCUT2D eigenvalue weighted by Gasteiger charge is 2.50.